The molecule has 0 radical (unpaired) electrons. The Morgan fingerprint density at radius 2 is 0.510 bits per heavy atom. The van der Waals surface area contributed by atoms with E-state index in [-0.39, 0.29) is 16.2 Å². The van der Waals surface area contributed by atoms with Gasteiger partial charge in [-0.05, 0) is 152 Å². The summed E-state index contributed by atoms with van der Waals surface area (Å²) in [6.07, 6.45) is 15.6. The van der Waals surface area contributed by atoms with E-state index in [0.29, 0.717) is 0 Å². The summed E-state index contributed by atoms with van der Waals surface area (Å²) in [6, 6.07) is 48.4. The standard InChI is InChI=1S/C51H44/c1-3-13-43-37(11-1)39-19-15-33(29-45(39)49(43)23-5-6-24-49)35-17-21-41-42-22-18-36(32-48(42)51(47(41)31-35)27-9-10-28-51)34-16-20-40-38-12-2-4-14-44(38)50(46(40)30-34)25-7-8-26-50/h1-4,11-22,29-32H,5-10,23-28H2. The van der Waals surface area contributed by atoms with Crippen molar-refractivity contribution in [2.75, 3.05) is 0 Å². The fourth-order valence-corrected chi connectivity index (χ4v) is 12.7. The van der Waals surface area contributed by atoms with E-state index in [1.165, 1.54) is 133 Å². The predicted molar refractivity (Wildman–Crippen MR) is 211 cm³/mol. The maximum absolute atomic E-state index is 2.61. The lowest BCUT2D eigenvalue weighted by atomic mass is 9.74. The average Bonchev–Trinajstić information content (AvgIpc) is 4.06. The highest BCUT2D eigenvalue weighted by Gasteiger charge is 2.48. The lowest BCUT2D eigenvalue weighted by Crippen LogP contribution is -2.21. The van der Waals surface area contributed by atoms with Gasteiger partial charge in [0.05, 0.1) is 0 Å². The van der Waals surface area contributed by atoms with E-state index in [1.807, 2.05) is 0 Å². The van der Waals surface area contributed by atoms with Crippen LogP contribution in [0.1, 0.15) is 110 Å². The van der Waals surface area contributed by atoms with Crippen LogP contribution in [0.3, 0.4) is 0 Å². The summed E-state index contributed by atoms with van der Waals surface area (Å²) in [7, 11) is 0. The SMILES string of the molecule is c1ccc2c(c1)-c1ccc(-c3ccc4c(c3)C3(CCCC3)c3cc(-c5ccc6c(c5)C5(CCCC5)c5ccccc5-6)ccc3-4)cc1C21CCCC1. The van der Waals surface area contributed by atoms with Gasteiger partial charge in [0.15, 0.2) is 0 Å². The van der Waals surface area contributed by atoms with E-state index >= 15 is 0 Å². The van der Waals surface area contributed by atoms with E-state index < -0.39 is 0 Å². The lowest BCUT2D eigenvalue weighted by Gasteiger charge is -2.28. The van der Waals surface area contributed by atoms with Crippen LogP contribution in [-0.2, 0) is 16.2 Å². The van der Waals surface area contributed by atoms with Crippen LogP contribution in [0.2, 0.25) is 0 Å². The highest BCUT2D eigenvalue weighted by molar-refractivity contribution is 5.89. The van der Waals surface area contributed by atoms with Crippen molar-refractivity contribution in [3.63, 3.8) is 0 Å². The second-order valence-electron chi connectivity index (χ2n) is 17.0. The second-order valence-corrected chi connectivity index (χ2v) is 17.0. The van der Waals surface area contributed by atoms with E-state index in [4.69, 9.17) is 0 Å². The van der Waals surface area contributed by atoms with Gasteiger partial charge in [0, 0.05) is 16.2 Å². The third kappa shape index (κ3) is 3.67. The molecule has 0 heteroatoms. The Morgan fingerprint density at radius 3 is 0.824 bits per heavy atom. The van der Waals surface area contributed by atoms with Crippen molar-refractivity contribution in [2.24, 2.45) is 0 Å². The number of hydrogen-bond acceptors (Lipinski definition) is 0. The van der Waals surface area contributed by atoms with Crippen LogP contribution >= 0.6 is 0 Å². The summed E-state index contributed by atoms with van der Waals surface area (Å²) in [4.78, 5) is 0. The van der Waals surface area contributed by atoms with Crippen LogP contribution in [0.15, 0.2) is 121 Å². The molecule has 0 atom stereocenters. The van der Waals surface area contributed by atoms with Crippen molar-refractivity contribution in [1.82, 2.24) is 0 Å². The summed E-state index contributed by atoms with van der Waals surface area (Å²) in [5, 5.41) is 0. The van der Waals surface area contributed by atoms with E-state index in [9.17, 15) is 0 Å². The molecule has 51 heavy (non-hydrogen) atoms. The van der Waals surface area contributed by atoms with Gasteiger partial charge in [-0.1, -0.05) is 136 Å². The molecule has 0 N–H and O–H groups in total. The Hall–Kier alpha value is -4.68. The number of fused-ring (bicyclic) bond motifs is 15. The molecule has 6 aromatic rings. The summed E-state index contributed by atoms with van der Waals surface area (Å²) in [5.74, 6) is 0. The average molecular weight is 657 g/mol. The van der Waals surface area contributed by atoms with Gasteiger partial charge in [-0.2, -0.15) is 0 Å². The number of hydrogen-bond donors (Lipinski definition) is 0. The first-order valence-electron chi connectivity index (χ1n) is 20.0. The lowest BCUT2D eigenvalue weighted by molar-refractivity contribution is 0.549. The maximum Gasteiger partial charge on any atom is 0.0215 e. The molecule has 0 aromatic heterocycles. The van der Waals surface area contributed by atoms with Crippen LogP contribution in [0, 0.1) is 0 Å². The first-order valence-corrected chi connectivity index (χ1v) is 20.0. The van der Waals surface area contributed by atoms with Gasteiger partial charge in [-0.15, -0.1) is 0 Å². The fourth-order valence-electron chi connectivity index (χ4n) is 12.7. The molecule has 3 fully saturated rings. The maximum atomic E-state index is 2.61. The number of benzene rings is 6. The Kier molecular flexibility index (Phi) is 5.80. The normalized spacial score (nSPS) is 20.1. The van der Waals surface area contributed by atoms with Crippen molar-refractivity contribution in [3.05, 3.63) is 155 Å². The summed E-state index contributed by atoms with van der Waals surface area (Å²) in [6.45, 7) is 0. The molecule has 6 aliphatic carbocycles. The zero-order valence-corrected chi connectivity index (χ0v) is 29.5. The Bertz CT molecular complexity index is 2270. The minimum absolute atomic E-state index is 0.121. The van der Waals surface area contributed by atoms with Crippen molar-refractivity contribution in [1.29, 1.82) is 0 Å². The van der Waals surface area contributed by atoms with E-state index in [1.54, 1.807) is 33.4 Å². The molecule has 0 amide bonds. The van der Waals surface area contributed by atoms with Gasteiger partial charge in [0.2, 0.25) is 0 Å². The molecule has 6 aromatic carbocycles. The molecule has 6 aliphatic rings. The third-order valence-corrected chi connectivity index (χ3v) is 14.9. The van der Waals surface area contributed by atoms with Gasteiger partial charge in [-0.25, -0.2) is 0 Å². The Labute approximate surface area is 302 Å². The monoisotopic (exact) mass is 656 g/mol. The van der Waals surface area contributed by atoms with Crippen molar-refractivity contribution >= 4 is 0 Å². The molecule has 3 saturated carbocycles. The third-order valence-electron chi connectivity index (χ3n) is 14.9. The molecule has 3 spiro atoms. The highest BCUT2D eigenvalue weighted by Crippen LogP contribution is 2.61. The molecule has 248 valence electrons. The van der Waals surface area contributed by atoms with E-state index in [2.05, 4.69) is 121 Å². The van der Waals surface area contributed by atoms with Crippen LogP contribution < -0.4 is 0 Å². The minimum Gasteiger partial charge on any atom is -0.0619 e. The first kappa shape index (κ1) is 29.0. The van der Waals surface area contributed by atoms with Crippen molar-refractivity contribution < 1.29 is 0 Å². The Balaban J connectivity index is 0.957. The largest absolute Gasteiger partial charge is 0.0619 e. The van der Waals surface area contributed by atoms with Crippen molar-refractivity contribution in [3.8, 4) is 55.6 Å². The molecule has 0 unspecified atom stereocenters. The molecule has 12 rings (SSSR count). The topological polar surface area (TPSA) is 0 Å². The molecule has 0 saturated heterocycles. The van der Waals surface area contributed by atoms with Gasteiger partial charge in [0.1, 0.15) is 0 Å². The molecular formula is C51H44. The second kappa shape index (κ2) is 10.2. The summed E-state index contributed by atoms with van der Waals surface area (Å²) in [5.41, 5.74) is 24.4. The fraction of sp³-hybridized carbons (Fsp3) is 0.294. The summed E-state index contributed by atoms with van der Waals surface area (Å²) < 4.78 is 0. The van der Waals surface area contributed by atoms with Gasteiger partial charge >= 0.3 is 0 Å². The first-order chi connectivity index (χ1) is 25.2. The van der Waals surface area contributed by atoms with E-state index in [0.717, 1.165) is 0 Å². The zero-order valence-electron chi connectivity index (χ0n) is 29.5. The predicted octanol–water partition coefficient (Wildman–Crippen LogP) is 13.5. The zero-order chi connectivity index (χ0) is 33.4. The Morgan fingerprint density at radius 1 is 0.255 bits per heavy atom. The van der Waals surface area contributed by atoms with Crippen LogP contribution in [0.5, 0.6) is 0 Å². The van der Waals surface area contributed by atoms with Crippen molar-refractivity contribution in [2.45, 2.75) is 93.3 Å². The molecule has 0 bridgehead atoms. The molecule has 0 heterocycles. The molecule has 0 aliphatic heterocycles. The van der Waals surface area contributed by atoms with Crippen LogP contribution in [0.25, 0.3) is 55.6 Å². The van der Waals surface area contributed by atoms with Gasteiger partial charge in [-0.3, -0.25) is 0 Å². The molecule has 0 nitrogen and oxygen atoms in total. The minimum atomic E-state index is 0.121. The smallest absolute Gasteiger partial charge is 0.0215 e. The number of rotatable bonds is 2. The van der Waals surface area contributed by atoms with Crippen LogP contribution in [-0.4, -0.2) is 0 Å². The quantitative estimate of drug-likeness (QED) is 0.174. The van der Waals surface area contributed by atoms with Gasteiger partial charge < -0.3 is 0 Å². The van der Waals surface area contributed by atoms with Crippen LogP contribution in [0.4, 0.5) is 0 Å². The van der Waals surface area contributed by atoms with Gasteiger partial charge in [0.25, 0.3) is 0 Å². The summed E-state index contributed by atoms with van der Waals surface area (Å²) >= 11 is 0. The highest BCUT2D eigenvalue weighted by atomic mass is 14.5. The molecular weight excluding hydrogens is 613 g/mol.